The number of ether oxygens (including phenoxy) is 1. The van der Waals surface area contributed by atoms with Gasteiger partial charge in [0.15, 0.2) is 5.69 Å². The van der Waals surface area contributed by atoms with Crippen LogP contribution in [0.3, 0.4) is 0 Å². The van der Waals surface area contributed by atoms with E-state index in [1.165, 1.54) is 6.20 Å². The van der Waals surface area contributed by atoms with Gasteiger partial charge in [-0.25, -0.2) is 9.78 Å². The Hall–Kier alpha value is -1.91. The van der Waals surface area contributed by atoms with Crippen molar-refractivity contribution in [3.05, 3.63) is 64.4 Å². The van der Waals surface area contributed by atoms with Crippen molar-refractivity contribution in [2.24, 2.45) is 0 Å². The zero-order chi connectivity index (χ0) is 13.7. The van der Waals surface area contributed by atoms with Crippen LogP contribution in [0.2, 0.25) is 5.02 Å². The van der Waals surface area contributed by atoms with E-state index in [9.17, 15) is 4.79 Å². The number of hydrogen-bond donors (Lipinski definition) is 1. The summed E-state index contributed by atoms with van der Waals surface area (Å²) in [5.41, 5.74) is 1.67. The van der Waals surface area contributed by atoms with Crippen LogP contribution in [0.5, 0.6) is 0 Å². The third kappa shape index (κ3) is 3.77. The first-order chi connectivity index (χ1) is 9.16. The summed E-state index contributed by atoms with van der Waals surface area (Å²) < 4.78 is 5.52. The highest BCUT2D eigenvalue weighted by Gasteiger charge is 2.10. The van der Waals surface area contributed by atoms with E-state index in [-0.39, 0.29) is 10.7 Å². The van der Waals surface area contributed by atoms with Crippen molar-refractivity contribution in [3.63, 3.8) is 0 Å². The number of rotatable bonds is 5. The highest BCUT2D eigenvalue weighted by molar-refractivity contribution is 6.33. The molecule has 2 rings (SSSR count). The van der Waals surface area contributed by atoms with Gasteiger partial charge < -0.3 is 9.84 Å². The van der Waals surface area contributed by atoms with Gasteiger partial charge >= 0.3 is 5.97 Å². The van der Waals surface area contributed by atoms with Gasteiger partial charge in [0.25, 0.3) is 0 Å². The minimum absolute atomic E-state index is 0.119. The van der Waals surface area contributed by atoms with E-state index in [1.807, 2.05) is 30.3 Å². The fourth-order valence-corrected chi connectivity index (χ4v) is 1.84. The maximum Gasteiger partial charge on any atom is 0.356 e. The van der Waals surface area contributed by atoms with Crippen LogP contribution in [0.4, 0.5) is 0 Å². The Morgan fingerprint density at radius 2 is 1.89 bits per heavy atom. The van der Waals surface area contributed by atoms with Crippen LogP contribution in [0.1, 0.15) is 21.6 Å². The van der Waals surface area contributed by atoms with Crippen molar-refractivity contribution in [2.75, 3.05) is 0 Å². The number of aromatic nitrogens is 1. The number of benzene rings is 1. The van der Waals surface area contributed by atoms with Gasteiger partial charge in [0.1, 0.15) is 0 Å². The molecule has 2 aromatic rings. The van der Waals surface area contributed by atoms with E-state index in [0.29, 0.717) is 13.2 Å². The predicted molar refractivity (Wildman–Crippen MR) is 71.1 cm³/mol. The van der Waals surface area contributed by atoms with E-state index in [4.69, 9.17) is 21.4 Å². The summed E-state index contributed by atoms with van der Waals surface area (Å²) in [4.78, 5) is 14.5. The molecule has 1 aromatic carbocycles. The van der Waals surface area contributed by atoms with Crippen molar-refractivity contribution in [2.45, 2.75) is 13.2 Å². The van der Waals surface area contributed by atoms with Crippen LogP contribution in [0.25, 0.3) is 0 Å². The molecular formula is C14H12ClNO3. The minimum Gasteiger partial charge on any atom is -0.476 e. The molecule has 1 aromatic heterocycles. The van der Waals surface area contributed by atoms with Crippen LogP contribution >= 0.6 is 11.6 Å². The predicted octanol–water partition coefficient (Wildman–Crippen LogP) is 3.15. The first kappa shape index (κ1) is 13.5. The van der Waals surface area contributed by atoms with Gasteiger partial charge in [0, 0.05) is 6.20 Å². The molecular weight excluding hydrogens is 266 g/mol. The highest BCUT2D eigenvalue weighted by Crippen LogP contribution is 2.16. The Kier molecular flexibility index (Phi) is 4.49. The van der Waals surface area contributed by atoms with Crippen LogP contribution in [-0.4, -0.2) is 16.1 Å². The van der Waals surface area contributed by atoms with Gasteiger partial charge in [-0.2, -0.15) is 0 Å². The average molecular weight is 278 g/mol. The van der Waals surface area contributed by atoms with E-state index in [0.717, 1.165) is 11.1 Å². The third-order valence-electron chi connectivity index (χ3n) is 2.48. The molecule has 0 fully saturated rings. The van der Waals surface area contributed by atoms with E-state index >= 15 is 0 Å². The Morgan fingerprint density at radius 3 is 2.53 bits per heavy atom. The third-order valence-corrected chi connectivity index (χ3v) is 2.77. The Balaban J connectivity index is 1.93. The second-order valence-electron chi connectivity index (χ2n) is 3.96. The number of carboxylic acids is 1. The number of nitrogens with zero attached hydrogens (tertiary/aromatic N) is 1. The van der Waals surface area contributed by atoms with E-state index in [2.05, 4.69) is 4.98 Å². The molecule has 0 aliphatic rings. The summed E-state index contributed by atoms with van der Waals surface area (Å²) in [6, 6.07) is 11.3. The zero-order valence-electron chi connectivity index (χ0n) is 10.0. The lowest BCUT2D eigenvalue weighted by atomic mass is 10.2. The van der Waals surface area contributed by atoms with Crippen molar-refractivity contribution < 1.29 is 14.6 Å². The van der Waals surface area contributed by atoms with E-state index in [1.54, 1.807) is 6.07 Å². The summed E-state index contributed by atoms with van der Waals surface area (Å²) in [7, 11) is 0. The Morgan fingerprint density at radius 1 is 1.21 bits per heavy atom. The lowest BCUT2D eigenvalue weighted by molar-refractivity contribution is 0.0690. The molecule has 0 saturated carbocycles. The van der Waals surface area contributed by atoms with Gasteiger partial charge in [-0.1, -0.05) is 41.9 Å². The standard InChI is InChI=1S/C14H12ClNO3/c15-12-6-11(7-16-13(12)14(17)18)9-19-8-10-4-2-1-3-5-10/h1-7H,8-9H2,(H,17,18). The topological polar surface area (TPSA) is 59.4 Å². The normalized spacial score (nSPS) is 10.4. The summed E-state index contributed by atoms with van der Waals surface area (Å²) in [6.07, 6.45) is 1.46. The molecule has 19 heavy (non-hydrogen) atoms. The van der Waals surface area contributed by atoms with E-state index < -0.39 is 5.97 Å². The number of carboxylic acid groups (broad SMARTS) is 1. The zero-order valence-corrected chi connectivity index (χ0v) is 10.8. The molecule has 5 heteroatoms. The molecule has 0 atom stereocenters. The van der Waals surface area contributed by atoms with Crippen molar-refractivity contribution in [3.8, 4) is 0 Å². The van der Waals surface area contributed by atoms with Gasteiger partial charge in [0.2, 0.25) is 0 Å². The fraction of sp³-hybridized carbons (Fsp3) is 0.143. The molecule has 0 radical (unpaired) electrons. The molecule has 0 bridgehead atoms. The molecule has 1 heterocycles. The second-order valence-corrected chi connectivity index (χ2v) is 4.36. The van der Waals surface area contributed by atoms with Crippen LogP contribution < -0.4 is 0 Å². The fourth-order valence-electron chi connectivity index (χ4n) is 1.57. The first-order valence-corrected chi connectivity index (χ1v) is 6.04. The summed E-state index contributed by atoms with van der Waals surface area (Å²) >= 11 is 5.82. The van der Waals surface area contributed by atoms with Crippen molar-refractivity contribution >= 4 is 17.6 Å². The highest BCUT2D eigenvalue weighted by atomic mass is 35.5. The Bertz CT molecular complexity index is 572. The average Bonchev–Trinajstić information content (AvgIpc) is 2.39. The maximum atomic E-state index is 10.8. The molecule has 0 aliphatic carbocycles. The number of hydrogen-bond acceptors (Lipinski definition) is 3. The minimum atomic E-state index is -1.14. The van der Waals surface area contributed by atoms with Crippen molar-refractivity contribution in [1.29, 1.82) is 0 Å². The maximum absolute atomic E-state index is 10.8. The largest absolute Gasteiger partial charge is 0.476 e. The molecule has 0 spiro atoms. The molecule has 0 aliphatic heterocycles. The van der Waals surface area contributed by atoms with Gasteiger partial charge in [-0.3, -0.25) is 0 Å². The van der Waals surface area contributed by atoms with Crippen LogP contribution in [-0.2, 0) is 18.0 Å². The first-order valence-electron chi connectivity index (χ1n) is 5.66. The molecule has 0 amide bonds. The second kappa shape index (κ2) is 6.31. The van der Waals surface area contributed by atoms with Gasteiger partial charge in [0.05, 0.1) is 18.2 Å². The lowest BCUT2D eigenvalue weighted by Gasteiger charge is -2.05. The SMILES string of the molecule is O=C(O)c1ncc(COCc2ccccc2)cc1Cl. The molecule has 4 nitrogen and oxygen atoms in total. The summed E-state index contributed by atoms with van der Waals surface area (Å²) in [5.74, 6) is -1.14. The van der Waals surface area contributed by atoms with Crippen LogP contribution in [0, 0.1) is 0 Å². The van der Waals surface area contributed by atoms with Gasteiger partial charge in [-0.15, -0.1) is 0 Å². The summed E-state index contributed by atoms with van der Waals surface area (Å²) in [5, 5.41) is 8.92. The summed E-state index contributed by atoms with van der Waals surface area (Å²) in [6.45, 7) is 0.820. The smallest absolute Gasteiger partial charge is 0.356 e. The molecule has 0 unspecified atom stereocenters. The monoisotopic (exact) mass is 277 g/mol. The number of halogens is 1. The number of carbonyl (C=O) groups is 1. The van der Waals surface area contributed by atoms with Gasteiger partial charge in [-0.05, 0) is 17.2 Å². The number of pyridine rings is 1. The molecule has 98 valence electrons. The number of aromatic carboxylic acids is 1. The lowest BCUT2D eigenvalue weighted by Crippen LogP contribution is -2.03. The van der Waals surface area contributed by atoms with Crippen molar-refractivity contribution in [1.82, 2.24) is 4.98 Å². The van der Waals surface area contributed by atoms with Crippen LogP contribution in [0.15, 0.2) is 42.6 Å². The molecule has 1 N–H and O–H groups in total. The Labute approximate surface area is 115 Å². The molecule has 0 saturated heterocycles. The quantitative estimate of drug-likeness (QED) is 0.912.